The van der Waals surface area contributed by atoms with Crippen LogP contribution in [0.1, 0.15) is 54.7 Å². The number of aromatic amines is 1. The van der Waals surface area contributed by atoms with E-state index in [1.165, 1.54) is 48.8 Å². The molecule has 1 N–H and O–H groups in total. The summed E-state index contributed by atoms with van der Waals surface area (Å²) in [5, 5.41) is 0.708. The Balaban J connectivity index is 1.41. The number of hydrogen-bond donors (Lipinski definition) is 1. The van der Waals surface area contributed by atoms with Crippen molar-refractivity contribution >= 4 is 22.6 Å². The summed E-state index contributed by atoms with van der Waals surface area (Å²) in [4.78, 5) is 7.87. The van der Waals surface area contributed by atoms with Crippen LogP contribution in [-0.4, -0.2) is 9.97 Å². The lowest BCUT2D eigenvalue weighted by molar-refractivity contribution is 0.443. The van der Waals surface area contributed by atoms with Crippen LogP contribution in [0.2, 0.25) is 5.02 Å². The van der Waals surface area contributed by atoms with Crippen molar-refractivity contribution in [3.05, 3.63) is 76.3 Å². The lowest BCUT2D eigenvalue weighted by Crippen LogP contribution is -2.04. The van der Waals surface area contributed by atoms with E-state index in [1.807, 2.05) is 24.3 Å². The van der Waals surface area contributed by atoms with E-state index in [-0.39, 0.29) is 0 Å². The molecule has 0 atom stereocenters. The molecule has 1 aliphatic carbocycles. The zero-order valence-corrected chi connectivity index (χ0v) is 18.8. The highest BCUT2D eigenvalue weighted by Crippen LogP contribution is 2.36. The zero-order chi connectivity index (χ0) is 21.4. The van der Waals surface area contributed by atoms with Crippen molar-refractivity contribution in [2.75, 3.05) is 0 Å². The Bertz CT molecular complexity index is 1220. The van der Waals surface area contributed by atoms with E-state index >= 15 is 0 Å². The van der Waals surface area contributed by atoms with Crippen LogP contribution in [0.25, 0.3) is 22.2 Å². The molecule has 1 fully saturated rings. The molecule has 1 heterocycles. The SMILES string of the molecule is Cc1ccc(Oc2nc3cc(-c4ccc(C5CCCCC5)cc4)c(Cl)cc3[nH]2)cc1C. The second-order valence-corrected chi connectivity index (χ2v) is 9.10. The summed E-state index contributed by atoms with van der Waals surface area (Å²) < 4.78 is 5.96. The smallest absolute Gasteiger partial charge is 0.300 e. The highest BCUT2D eigenvalue weighted by atomic mass is 35.5. The minimum atomic E-state index is 0.471. The molecule has 0 bridgehead atoms. The number of fused-ring (bicyclic) bond motifs is 1. The molecule has 4 aromatic rings. The van der Waals surface area contributed by atoms with Crippen molar-refractivity contribution in [1.82, 2.24) is 9.97 Å². The van der Waals surface area contributed by atoms with E-state index in [0.29, 0.717) is 17.0 Å². The second kappa shape index (κ2) is 8.39. The number of nitrogens with zero attached hydrogens (tertiary/aromatic N) is 1. The van der Waals surface area contributed by atoms with Gasteiger partial charge in [-0.15, -0.1) is 0 Å². The van der Waals surface area contributed by atoms with Gasteiger partial charge in [0, 0.05) is 5.56 Å². The number of H-pyrrole nitrogens is 1. The maximum atomic E-state index is 6.65. The molecule has 1 aromatic heterocycles. The van der Waals surface area contributed by atoms with Gasteiger partial charge in [-0.2, -0.15) is 4.98 Å². The Kier molecular flexibility index (Phi) is 5.45. The first-order chi connectivity index (χ1) is 15.1. The largest absolute Gasteiger partial charge is 0.426 e. The third kappa shape index (κ3) is 4.20. The molecule has 1 saturated carbocycles. The second-order valence-electron chi connectivity index (χ2n) is 8.70. The van der Waals surface area contributed by atoms with Gasteiger partial charge in [-0.25, -0.2) is 0 Å². The van der Waals surface area contributed by atoms with Gasteiger partial charge in [-0.05, 0) is 79.1 Å². The number of hydrogen-bond acceptors (Lipinski definition) is 2. The summed E-state index contributed by atoms with van der Waals surface area (Å²) in [6.45, 7) is 4.16. The van der Waals surface area contributed by atoms with Gasteiger partial charge in [0.2, 0.25) is 0 Å². The van der Waals surface area contributed by atoms with E-state index in [0.717, 1.165) is 27.9 Å². The number of aryl methyl sites for hydroxylation is 2. The van der Waals surface area contributed by atoms with Crippen LogP contribution >= 0.6 is 11.6 Å². The van der Waals surface area contributed by atoms with Crippen LogP contribution in [0.4, 0.5) is 0 Å². The predicted octanol–water partition coefficient (Wildman–Crippen LogP) is 8.34. The molecule has 0 unspecified atom stereocenters. The number of imidazole rings is 1. The maximum absolute atomic E-state index is 6.65. The third-order valence-corrected chi connectivity index (χ3v) is 6.85. The first kappa shape index (κ1) is 20.1. The van der Waals surface area contributed by atoms with Crippen molar-refractivity contribution in [2.24, 2.45) is 0 Å². The van der Waals surface area contributed by atoms with E-state index in [4.69, 9.17) is 16.3 Å². The molecule has 158 valence electrons. The third-order valence-electron chi connectivity index (χ3n) is 6.54. The Morgan fingerprint density at radius 2 is 1.68 bits per heavy atom. The Labute approximate surface area is 188 Å². The number of benzene rings is 3. The van der Waals surface area contributed by atoms with Crippen LogP contribution < -0.4 is 4.74 Å². The van der Waals surface area contributed by atoms with Crippen LogP contribution in [0.3, 0.4) is 0 Å². The molecular formula is C27H27ClN2O. The van der Waals surface area contributed by atoms with E-state index in [9.17, 15) is 0 Å². The number of aromatic nitrogens is 2. The van der Waals surface area contributed by atoms with Crippen molar-refractivity contribution in [2.45, 2.75) is 51.9 Å². The first-order valence-corrected chi connectivity index (χ1v) is 11.5. The molecule has 31 heavy (non-hydrogen) atoms. The topological polar surface area (TPSA) is 37.9 Å². The number of halogens is 1. The van der Waals surface area contributed by atoms with Gasteiger partial charge in [0.05, 0.1) is 16.1 Å². The summed E-state index contributed by atoms with van der Waals surface area (Å²) in [5.74, 6) is 1.48. The lowest BCUT2D eigenvalue weighted by Gasteiger charge is -2.22. The zero-order valence-electron chi connectivity index (χ0n) is 18.0. The molecule has 0 saturated heterocycles. The average molecular weight is 431 g/mol. The molecule has 3 aromatic carbocycles. The monoisotopic (exact) mass is 430 g/mol. The minimum absolute atomic E-state index is 0.471. The van der Waals surface area contributed by atoms with E-state index in [2.05, 4.69) is 54.1 Å². The average Bonchev–Trinajstić information content (AvgIpc) is 3.17. The van der Waals surface area contributed by atoms with Gasteiger partial charge in [0.1, 0.15) is 5.75 Å². The first-order valence-electron chi connectivity index (χ1n) is 11.1. The van der Waals surface area contributed by atoms with Crippen molar-refractivity contribution in [1.29, 1.82) is 0 Å². The summed E-state index contributed by atoms with van der Waals surface area (Å²) in [5.41, 5.74) is 7.70. The van der Waals surface area contributed by atoms with Crippen LogP contribution in [-0.2, 0) is 0 Å². The fourth-order valence-electron chi connectivity index (χ4n) is 4.54. The standard InChI is InChI=1S/C27H27ClN2O/c1-17-8-13-22(14-18(17)2)31-27-29-25-15-23(24(28)16-26(25)30-27)21-11-9-20(10-12-21)19-6-4-3-5-7-19/h8-16,19H,3-7H2,1-2H3,(H,29,30). The molecular weight excluding hydrogens is 404 g/mol. The summed E-state index contributed by atoms with van der Waals surface area (Å²) >= 11 is 6.65. The lowest BCUT2D eigenvalue weighted by atomic mass is 9.84. The molecule has 0 radical (unpaired) electrons. The van der Waals surface area contributed by atoms with Crippen molar-refractivity contribution in [3.63, 3.8) is 0 Å². The van der Waals surface area contributed by atoms with Gasteiger partial charge in [-0.1, -0.05) is 61.2 Å². The summed E-state index contributed by atoms with van der Waals surface area (Å²) in [6, 6.07) is 19.4. The highest BCUT2D eigenvalue weighted by molar-refractivity contribution is 6.34. The summed E-state index contributed by atoms with van der Waals surface area (Å²) in [7, 11) is 0. The van der Waals surface area contributed by atoms with Gasteiger partial charge in [0.15, 0.2) is 0 Å². The van der Waals surface area contributed by atoms with Gasteiger partial charge in [0.25, 0.3) is 6.01 Å². The number of nitrogens with one attached hydrogen (secondary N) is 1. The number of ether oxygens (including phenoxy) is 1. The van der Waals surface area contributed by atoms with E-state index < -0.39 is 0 Å². The molecule has 1 aliphatic rings. The molecule has 3 nitrogen and oxygen atoms in total. The molecule has 0 spiro atoms. The molecule has 4 heteroatoms. The minimum Gasteiger partial charge on any atom is -0.426 e. The maximum Gasteiger partial charge on any atom is 0.300 e. The fraction of sp³-hybridized carbons (Fsp3) is 0.296. The van der Waals surface area contributed by atoms with Crippen molar-refractivity contribution in [3.8, 4) is 22.9 Å². The van der Waals surface area contributed by atoms with Crippen molar-refractivity contribution < 1.29 is 4.74 Å². The Morgan fingerprint density at radius 1 is 0.903 bits per heavy atom. The van der Waals surface area contributed by atoms with Gasteiger partial charge in [-0.3, -0.25) is 0 Å². The van der Waals surface area contributed by atoms with Crippen LogP contribution in [0, 0.1) is 13.8 Å². The molecule has 5 rings (SSSR count). The Morgan fingerprint density at radius 3 is 2.42 bits per heavy atom. The van der Waals surface area contributed by atoms with Crippen LogP contribution in [0.15, 0.2) is 54.6 Å². The van der Waals surface area contributed by atoms with Crippen LogP contribution in [0.5, 0.6) is 11.8 Å². The Hall–Kier alpha value is -2.78. The normalized spacial score (nSPS) is 14.8. The van der Waals surface area contributed by atoms with Gasteiger partial charge < -0.3 is 9.72 Å². The van der Waals surface area contributed by atoms with Gasteiger partial charge >= 0.3 is 0 Å². The molecule has 0 amide bonds. The molecule has 0 aliphatic heterocycles. The quantitative estimate of drug-likeness (QED) is 0.353. The number of rotatable bonds is 4. The fourth-order valence-corrected chi connectivity index (χ4v) is 4.81. The van der Waals surface area contributed by atoms with E-state index in [1.54, 1.807) is 0 Å². The predicted molar refractivity (Wildman–Crippen MR) is 128 cm³/mol. The highest BCUT2D eigenvalue weighted by Gasteiger charge is 2.16. The summed E-state index contributed by atoms with van der Waals surface area (Å²) in [6.07, 6.45) is 6.69.